The summed E-state index contributed by atoms with van der Waals surface area (Å²) < 4.78 is 38.1. The molecule has 1 aliphatic heterocycles. The zero-order valence-corrected chi connectivity index (χ0v) is 12.5. The Kier molecular flexibility index (Phi) is 4.85. The van der Waals surface area contributed by atoms with Crippen LogP contribution in [0.15, 0.2) is 0 Å². The van der Waals surface area contributed by atoms with Gasteiger partial charge in [-0.3, -0.25) is 4.79 Å². The summed E-state index contributed by atoms with van der Waals surface area (Å²) in [4.78, 5) is 13.7. The molecule has 0 aromatic rings. The maximum Gasteiger partial charge on any atom is 0.417 e. The molecule has 0 aromatic carbocycles. The first kappa shape index (κ1) is 16.6. The van der Waals surface area contributed by atoms with E-state index < -0.39 is 24.6 Å². The summed E-state index contributed by atoms with van der Waals surface area (Å²) in [7, 11) is 0. The standard InChI is InChI=1S/C15H24F3NO2/c1-11-3-2-4-12(9-11)10-13(20)19-7-5-14(21,6-8-19)15(16,17)18/h11-12,21H,2-10H2,1H3. The molecule has 0 aromatic heterocycles. The minimum atomic E-state index is -4.61. The number of alkyl halides is 3. The van der Waals surface area contributed by atoms with Gasteiger partial charge in [-0.2, -0.15) is 13.2 Å². The summed E-state index contributed by atoms with van der Waals surface area (Å²) in [5.41, 5.74) is -2.62. The van der Waals surface area contributed by atoms with E-state index in [2.05, 4.69) is 6.92 Å². The van der Waals surface area contributed by atoms with E-state index in [9.17, 15) is 23.1 Å². The third kappa shape index (κ3) is 3.90. The second-order valence-electron chi connectivity index (χ2n) is 6.75. The molecule has 1 heterocycles. The molecule has 1 saturated heterocycles. The Morgan fingerprint density at radius 1 is 1.29 bits per heavy atom. The quantitative estimate of drug-likeness (QED) is 0.851. The number of rotatable bonds is 2. The number of piperidine rings is 1. The van der Waals surface area contributed by atoms with Gasteiger partial charge in [-0.05, 0) is 24.7 Å². The van der Waals surface area contributed by atoms with Gasteiger partial charge in [-0.15, -0.1) is 0 Å². The molecular formula is C15H24F3NO2. The molecule has 3 nitrogen and oxygen atoms in total. The van der Waals surface area contributed by atoms with Crippen LogP contribution in [0.3, 0.4) is 0 Å². The Labute approximate surface area is 123 Å². The molecule has 1 aliphatic carbocycles. The molecule has 2 rings (SSSR count). The fourth-order valence-electron chi connectivity index (χ4n) is 3.53. The Hall–Kier alpha value is -0.780. The molecule has 1 amide bonds. The Morgan fingerprint density at radius 3 is 2.43 bits per heavy atom. The van der Waals surface area contributed by atoms with Gasteiger partial charge in [0.1, 0.15) is 0 Å². The zero-order chi connectivity index (χ0) is 15.7. The molecule has 1 N–H and O–H groups in total. The van der Waals surface area contributed by atoms with E-state index in [0.717, 1.165) is 19.3 Å². The van der Waals surface area contributed by atoms with Gasteiger partial charge in [0.2, 0.25) is 5.91 Å². The number of nitrogens with zero attached hydrogens (tertiary/aromatic N) is 1. The molecule has 21 heavy (non-hydrogen) atoms. The van der Waals surface area contributed by atoms with Crippen LogP contribution in [0.2, 0.25) is 0 Å². The van der Waals surface area contributed by atoms with Gasteiger partial charge in [0.25, 0.3) is 0 Å². The van der Waals surface area contributed by atoms with Gasteiger partial charge in [-0.25, -0.2) is 0 Å². The second-order valence-corrected chi connectivity index (χ2v) is 6.75. The molecule has 6 heteroatoms. The van der Waals surface area contributed by atoms with Crippen LogP contribution in [0.4, 0.5) is 13.2 Å². The van der Waals surface area contributed by atoms with Gasteiger partial charge < -0.3 is 10.0 Å². The van der Waals surface area contributed by atoms with E-state index in [0.29, 0.717) is 18.3 Å². The van der Waals surface area contributed by atoms with E-state index in [1.807, 2.05) is 0 Å². The normalized spacial score (nSPS) is 30.2. The highest BCUT2D eigenvalue weighted by molar-refractivity contribution is 5.76. The third-order valence-electron chi connectivity index (χ3n) is 4.98. The molecular weight excluding hydrogens is 283 g/mol. The number of amides is 1. The predicted molar refractivity (Wildman–Crippen MR) is 72.6 cm³/mol. The SMILES string of the molecule is CC1CCCC(CC(=O)N2CCC(O)(C(F)(F)F)CC2)C1. The van der Waals surface area contributed by atoms with E-state index in [-0.39, 0.29) is 19.0 Å². The fourth-order valence-corrected chi connectivity index (χ4v) is 3.53. The van der Waals surface area contributed by atoms with Gasteiger partial charge >= 0.3 is 6.18 Å². The largest absolute Gasteiger partial charge is 0.417 e. The van der Waals surface area contributed by atoms with Crippen molar-refractivity contribution >= 4 is 5.91 Å². The number of hydrogen-bond acceptors (Lipinski definition) is 2. The van der Waals surface area contributed by atoms with E-state index in [1.165, 1.54) is 11.3 Å². The summed E-state index contributed by atoms with van der Waals surface area (Å²) in [6.07, 6.45) is -0.592. The van der Waals surface area contributed by atoms with Crippen molar-refractivity contribution in [3.63, 3.8) is 0 Å². The molecule has 122 valence electrons. The first-order valence-electron chi connectivity index (χ1n) is 7.78. The summed E-state index contributed by atoms with van der Waals surface area (Å²) in [5.74, 6) is 0.941. The fraction of sp³-hybridized carbons (Fsp3) is 0.933. The van der Waals surface area contributed by atoms with Crippen LogP contribution in [0.1, 0.15) is 51.9 Å². The third-order valence-corrected chi connectivity index (χ3v) is 4.98. The van der Waals surface area contributed by atoms with Crippen LogP contribution in [0.25, 0.3) is 0 Å². The van der Waals surface area contributed by atoms with Crippen molar-refractivity contribution in [1.29, 1.82) is 0 Å². The van der Waals surface area contributed by atoms with Crippen molar-refractivity contribution in [3.8, 4) is 0 Å². The number of halogens is 3. The summed E-state index contributed by atoms with van der Waals surface area (Å²) in [6.45, 7) is 2.18. The topological polar surface area (TPSA) is 40.5 Å². The molecule has 2 atom stereocenters. The lowest BCUT2D eigenvalue weighted by atomic mass is 9.80. The van der Waals surface area contributed by atoms with E-state index >= 15 is 0 Å². The first-order chi connectivity index (χ1) is 9.71. The van der Waals surface area contributed by atoms with Crippen LogP contribution in [0, 0.1) is 11.8 Å². The number of carbonyl (C=O) groups is 1. The minimum Gasteiger partial charge on any atom is -0.380 e. The van der Waals surface area contributed by atoms with Gasteiger partial charge in [-0.1, -0.05) is 19.8 Å². The van der Waals surface area contributed by atoms with Crippen LogP contribution in [-0.4, -0.2) is 40.8 Å². The first-order valence-corrected chi connectivity index (χ1v) is 7.78. The smallest absolute Gasteiger partial charge is 0.380 e. The van der Waals surface area contributed by atoms with Crippen molar-refractivity contribution in [3.05, 3.63) is 0 Å². The molecule has 0 radical (unpaired) electrons. The molecule has 2 fully saturated rings. The summed E-state index contributed by atoms with van der Waals surface area (Å²) >= 11 is 0. The highest BCUT2D eigenvalue weighted by Gasteiger charge is 2.54. The maximum atomic E-state index is 12.7. The number of carbonyl (C=O) groups excluding carboxylic acids is 1. The van der Waals surface area contributed by atoms with Gasteiger partial charge in [0, 0.05) is 32.4 Å². The molecule has 2 unspecified atom stereocenters. The second kappa shape index (κ2) is 6.15. The zero-order valence-electron chi connectivity index (χ0n) is 12.5. The highest BCUT2D eigenvalue weighted by Crippen LogP contribution is 2.39. The average Bonchev–Trinajstić information content (AvgIpc) is 2.38. The molecule has 0 spiro atoms. The van der Waals surface area contributed by atoms with Crippen LogP contribution in [0.5, 0.6) is 0 Å². The number of aliphatic hydroxyl groups is 1. The number of likely N-dealkylation sites (tertiary alicyclic amines) is 1. The van der Waals surface area contributed by atoms with Crippen LogP contribution in [-0.2, 0) is 4.79 Å². The van der Waals surface area contributed by atoms with Gasteiger partial charge in [0.05, 0.1) is 0 Å². The molecule has 2 aliphatic rings. The monoisotopic (exact) mass is 307 g/mol. The lowest BCUT2D eigenvalue weighted by Gasteiger charge is -2.39. The summed E-state index contributed by atoms with van der Waals surface area (Å²) in [5, 5.41) is 9.60. The van der Waals surface area contributed by atoms with Crippen molar-refractivity contribution in [1.82, 2.24) is 4.90 Å². The lowest BCUT2D eigenvalue weighted by molar-refractivity contribution is -0.272. The maximum absolute atomic E-state index is 12.7. The Balaban J connectivity index is 1.83. The lowest BCUT2D eigenvalue weighted by Crippen LogP contribution is -2.54. The Morgan fingerprint density at radius 2 is 1.90 bits per heavy atom. The van der Waals surface area contributed by atoms with Crippen LogP contribution >= 0.6 is 0 Å². The average molecular weight is 307 g/mol. The van der Waals surface area contributed by atoms with E-state index in [4.69, 9.17) is 0 Å². The van der Waals surface area contributed by atoms with Crippen LogP contribution < -0.4 is 0 Å². The minimum absolute atomic E-state index is 0.00286. The number of hydrogen-bond donors (Lipinski definition) is 1. The van der Waals surface area contributed by atoms with Crippen molar-refractivity contribution in [2.24, 2.45) is 11.8 Å². The van der Waals surface area contributed by atoms with Crippen molar-refractivity contribution < 1.29 is 23.1 Å². The summed E-state index contributed by atoms with van der Waals surface area (Å²) in [6, 6.07) is 0. The molecule has 0 bridgehead atoms. The Bertz CT molecular complexity index is 376. The highest BCUT2D eigenvalue weighted by atomic mass is 19.4. The van der Waals surface area contributed by atoms with E-state index in [1.54, 1.807) is 0 Å². The van der Waals surface area contributed by atoms with Gasteiger partial charge in [0.15, 0.2) is 5.60 Å². The predicted octanol–water partition coefficient (Wildman–Crippen LogP) is 3.12. The molecule has 1 saturated carbocycles. The van der Waals surface area contributed by atoms with Crippen molar-refractivity contribution in [2.75, 3.05) is 13.1 Å². The van der Waals surface area contributed by atoms with Crippen molar-refractivity contribution in [2.45, 2.75) is 63.6 Å².